The Hall–Kier alpha value is -0.840. The highest BCUT2D eigenvalue weighted by atomic mass is 16.3. The molecule has 0 aromatic carbocycles. The highest BCUT2D eigenvalue weighted by molar-refractivity contribution is 5.05. The fraction of sp³-hybridized carbons (Fsp3) is 0.765. The van der Waals surface area contributed by atoms with Gasteiger partial charge < -0.3 is 19.7 Å². The monoisotopic (exact) mass is 292 g/mol. The zero-order valence-corrected chi connectivity index (χ0v) is 12.8. The topological polar surface area (TPSA) is 48.6 Å². The average molecular weight is 292 g/mol. The summed E-state index contributed by atoms with van der Waals surface area (Å²) in [5, 5.41) is 13.1. The predicted octanol–water partition coefficient (Wildman–Crippen LogP) is 2.70. The van der Waals surface area contributed by atoms with Crippen molar-refractivity contribution in [2.45, 2.75) is 63.1 Å². The van der Waals surface area contributed by atoms with Gasteiger partial charge in [-0.05, 0) is 50.9 Å². The molecule has 3 rings (SSSR count). The maximum atomic E-state index is 9.55. The van der Waals surface area contributed by atoms with Crippen molar-refractivity contribution in [3.8, 4) is 0 Å². The van der Waals surface area contributed by atoms with Crippen molar-refractivity contribution in [3.63, 3.8) is 0 Å². The molecule has 0 amide bonds. The van der Waals surface area contributed by atoms with Gasteiger partial charge in [0.25, 0.3) is 0 Å². The summed E-state index contributed by atoms with van der Waals surface area (Å²) in [7, 11) is 0. The van der Waals surface area contributed by atoms with E-state index in [0.717, 1.165) is 11.8 Å². The van der Waals surface area contributed by atoms with Crippen molar-refractivity contribution >= 4 is 0 Å². The molecule has 1 aliphatic carbocycles. The van der Waals surface area contributed by atoms with E-state index in [-0.39, 0.29) is 12.6 Å². The second-order valence-electron chi connectivity index (χ2n) is 6.52. The molecule has 1 atom stereocenters. The zero-order chi connectivity index (χ0) is 14.5. The van der Waals surface area contributed by atoms with E-state index in [1.54, 1.807) is 6.26 Å². The minimum atomic E-state index is -0.0637. The van der Waals surface area contributed by atoms with Crippen LogP contribution < -0.4 is 5.32 Å². The van der Waals surface area contributed by atoms with Crippen molar-refractivity contribution in [1.82, 2.24) is 10.2 Å². The molecule has 4 nitrogen and oxygen atoms in total. The van der Waals surface area contributed by atoms with Gasteiger partial charge in [0, 0.05) is 12.1 Å². The first-order valence-corrected chi connectivity index (χ1v) is 8.51. The third-order valence-corrected chi connectivity index (χ3v) is 5.13. The van der Waals surface area contributed by atoms with Crippen molar-refractivity contribution in [2.75, 3.05) is 19.7 Å². The lowest BCUT2D eigenvalue weighted by Gasteiger charge is -2.40. The molecule has 118 valence electrons. The maximum absolute atomic E-state index is 9.55. The highest BCUT2D eigenvalue weighted by Crippen LogP contribution is 2.26. The van der Waals surface area contributed by atoms with Gasteiger partial charge in [-0.3, -0.25) is 0 Å². The van der Waals surface area contributed by atoms with E-state index in [9.17, 15) is 5.11 Å². The number of hydrogen-bond acceptors (Lipinski definition) is 4. The highest BCUT2D eigenvalue weighted by Gasteiger charge is 2.27. The van der Waals surface area contributed by atoms with Crippen LogP contribution in [0, 0.1) is 0 Å². The SMILES string of the molecule is OCC(NC1CCN(C2CCCCC2)CC1)c1ccco1. The van der Waals surface area contributed by atoms with E-state index < -0.39 is 0 Å². The van der Waals surface area contributed by atoms with E-state index in [1.165, 1.54) is 58.0 Å². The summed E-state index contributed by atoms with van der Waals surface area (Å²) in [6.45, 7) is 2.48. The summed E-state index contributed by atoms with van der Waals surface area (Å²) in [5.41, 5.74) is 0. The summed E-state index contributed by atoms with van der Waals surface area (Å²) < 4.78 is 5.41. The predicted molar refractivity (Wildman–Crippen MR) is 83.1 cm³/mol. The zero-order valence-electron chi connectivity index (χ0n) is 12.8. The molecule has 0 bridgehead atoms. The third-order valence-electron chi connectivity index (χ3n) is 5.13. The molecule has 1 saturated heterocycles. The molecule has 2 heterocycles. The van der Waals surface area contributed by atoms with Crippen LogP contribution in [-0.4, -0.2) is 41.8 Å². The second-order valence-corrected chi connectivity index (χ2v) is 6.52. The van der Waals surface area contributed by atoms with E-state index in [2.05, 4.69) is 10.2 Å². The van der Waals surface area contributed by atoms with Crippen LogP contribution in [0.2, 0.25) is 0 Å². The normalized spacial score (nSPS) is 24.2. The van der Waals surface area contributed by atoms with E-state index in [1.807, 2.05) is 12.1 Å². The Bertz CT molecular complexity index is 393. The van der Waals surface area contributed by atoms with Crippen LogP contribution >= 0.6 is 0 Å². The second kappa shape index (κ2) is 7.43. The van der Waals surface area contributed by atoms with E-state index in [0.29, 0.717) is 6.04 Å². The maximum Gasteiger partial charge on any atom is 0.123 e. The molecular weight excluding hydrogens is 264 g/mol. The number of furan rings is 1. The van der Waals surface area contributed by atoms with E-state index in [4.69, 9.17) is 4.42 Å². The van der Waals surface area contributed by atoms with Gasteiger partial charge in [-0.2, -0.15) is 0 Å². The first kappa shape index (κ1) is 15.1. The van der Waals surface area contributed by atoms with Gasteiger partial charge in [-0.1, -0.05) is 19.3 Å². The molecule has 2 N–H and O–H groups in total. The summed E-state index contributed by atoms with van der Waals surface area (Å²) in [6, 6.07) is 5.08. The van der Waals surface area contributed by atoms with Gasteiger partial charge in [0.15, 0.2) is 0 Å². The van der Waals surface area contributed by atoms with Crippen LogP contribution in [-0.2, 0) is 0 Å². The first-order chi connectivity index (χ1) is 10.4. The molecule has 1 aliphatic heterocycles. The van der Waals surface area contributed by atoms with Gasteiger partial charge in [-0.15, -0.1) is 0 Å². The van der Waals surface area contributed by atoms with Crippen LogP contribution in [0.3, 0.4) is 0 Å². The molecule has 1 unspecified atom stereocenters. The fourth-order valence-electron chi connectivity index (χ4n) is 3.88. The number of hydrogen-bond donors (Lipinski definition) is 2. The van der Waals surface area contributed by atoms with E-state index >= 15 is 0 Å². The number of nitrogens with one attached hydrogen (secondary N) is 1. The Morgan fingerprint density at radius 1 is 1.19 bits per heavy atom. The Labute approximate surface area is 127 Å². The Balaban J connectivity index is 1.46. The lowest BCUT2D eigenvalue weighted by Crippen LogP contribution is -2.48. The van der Waals surface area contributed by atoms with Crippen LogP contribution in [0.25, 0.3) is 0 Å². The Morgan fingerprint density at radius 2 is 1.95 bits per heavy atom. The number of likely N-dealkylation sites (tertiary alicyclic amines) is 1. The van der Waals surface area contributed by atoms with Crippen molar-refractivity contribution in [1.29, 1.82) is 0 Å². The number of nitrogens with zero attached hydrogens (tertiary/aromatic N) is 1. The minimum absolute atomic E-state index is 0.0637. The summed E-state index contributed by atoms with van der Waals surface area (Å²) in [6.07, 6.45) is 11.1. The molecule has 0 spiro atoms. The standard InChI is InChI=1S/C17H28N2O2/c20-13-16(17-7-4-12-21-17)18-14-8-10-19(11-9-14)15-5-2-1-3-6-15/h4,7,12,14-16,18,20H,1-3,5-6,8-11,13H2. The lowest BCUT2D eigenvalue weighted by atomic mass is 9.92. The average Bonchev–Trinajstić information content (AvgIpc) is 3.08. The van der Waals surface area contributed by atoms with Gasteiger partial charge in [-0.25, -0.2) is 0 Å². The number of aliphatic hydroxyl groups is 1. The van der Waals surface area contributed by atoms with Gasteiger partial charge in [0.2, 0.25) is 0 Å². The van der Waals surface area contributed by atoms with Gasteiger partial charge >= 0.3 is 0 Å². The van der Waals surface area contributed by atoms with Gasteiger partial charge in [0.1, 0.15) is 5.76 Å². The van der Waals surface area contributed by atoms with Crippen LogP contribution in [0.5, 0.6) is 0 Å². The number of piperidine rings is 1. The molecule has 2 aliphatic rings. The van der Waals surface area contributed by atoms with Crippen molar-refractivity contribution in [3.05, 3.63) is 24.2 Å². The fourth-order valence-corrected chi connectivity index (χ4v) is 3.88. The number of rotatable bonds is 5. The van der Waals surface area contributed by atoms with Crippen LogP contribution in [0.4, 0.5) is 0 Å². The van der Waals surface area contributed by atoms with Crippen molar-refractivity contribution in [2.24, 2.45) is 0 Å². The molecule has 21 heavy (non-hydrogen) atoms. The first-order valence-electron chi connectivity index (χ1n) is 8.51. The molecular formula is C17H28N2O2. The van der Waals surface area contributed by atoms with Crippen molar-refractivity contribution < 1.29 is 9.52 Å². The quantitative estimate of drug-likeness (QED) is 0.876. The van der Waals surface area contributed by atoms with Crippen LogP contribution in [0.15, 0.2) is 22.8 Å². The number of aliphatic hydroxyl groups excluding tert-OH is 1. The minimum Gasteiger partial charge on any atom is -0.468 e. The smallest absolute Gasteiger partial charge is 0.123 e. The molecule has 1 aromatic rings. The summed E-state index contributed by atoms with van der Waals surface area (Å²) in [4.78, 5) is 2.69. The summed E-state index contributed by atoms with van der Waals surface area (Å²) >= 11 is 0. The summed E-state index contributed by atoms with van der Waals surface area (Å²) in [5.74, 6) is 0.840. The van der Waals surface area contributed by atoms with Crippen LogP contribution in [0.1, 0.15) is 56.7 Å². The Kier molecular flexibility index (Phi) is 5.33. The molecule has 1 saturated carbocycles. The largest absolute Gasteiger partial charge is 0.468 e. The Morgan fingerprint density at radius 3 is 2.57 bits per heavy atom. The molecule has 0 radical (unpaired) electrons. The molecule has 1 aromatic heterocycles. The third kappa shape index (κ3) is 3.87. The molecule has 2 fully saturated rings. The lowest BCUT2D eigenvalue weighted by molar-refractivity contribution is 0.107. The molecule has 4 heteroatoms. The van der Waals surface area contributed by atoms with Gasteiger partial charge in [0.05, 0.1) is 18.9 Å².